The van der Waals surface area contributed by atoms with Crippen LogP contribution in [0.1, 0.15) is 31.4 Å². The van der Waals surface area contributed by atoms with E-state index in [0.717, 1.165) is 15.4 Å². The second-order valence-corrected chi connectivity index (χ2v) is 9.61. The summed E-state index contributed by atoms with van der Waals surface area (Å²) in [5.74, 6) is -1.12. The van der Waals surface area contributed by atoms with E-state index in [1.165, 1.54) is 19.1 Å². The van der Waals surface area contributed by atoms with Gasteiger partial charge in [0, 0.05) is 12.5 Å². The highest BCUT2D eigenvalue weighted by molar-refractivity contribution is 7.89. The van der Waals surface area contributed by atoms with Gasteiger partial charge in [0.2, 0.25) is 10.0 Å². The van der Waals surface area contributed by atoms with Crippen molar-refractivity contribution in [1.29, 1.82) is 0 Å². The molecule has 3 atom stereocenters. The van der Waals surface area contributed by atoms with Crippen molar-refractivity contribution >= 4 is 16.0 Å². The molecule has 7 heteroatoms. The Morgan fingerprint density at radius 2 is 1.79 bits per heavy atom. The second kappa shape index (κ2) is 8.26. The zero-order valence-corrected chi connectivity index (χ0v) is 17.7. The van der Waals surface area contributed by atoms with Gasteiger partial charge in [0.15, 0.2) is 6.04 Å². The van der Waals surface area contributed by atoms with E-state index in [9.17, 15) is 18.3 Å². The van der Waals surface area contributed by atoms with Crippen LogP contribution in [0, 0.1) is 12.8 Å². The summed E-state index contributed by atoms with van der Waals surface area (Å²) in [6.07, 6.45) is 0.537. The molecule has 3 unspecified atom stereocenters. The number of esters is 1. The van der Waals surface area contributed by atoms with Gasteiger partial charge in [-0.15, -0.1) is 0 Å². The Bertz CT molecular complexity index is 954. The molecule has 0 spiro atoms. The number of benzene rings is 2. The van der Waals surface area contributed by atoms with Crippen molar-refractivity contribution in [2.45, 2.75) is 50.3 Å². The fraction of sp³-hybridized carbons (Fsp3) is 0.409. The summed E-state index contributed by atoms with van der Waals surface area (Å²) >= 11 is 0. The van der Waals surface area contributed by atoms with Crippen LogP contribution in [-0.2, 0) is 26.2 Å². The Labute approximate surface area is 172 Å². The third-order valence-electron chi connectivity index (χ3n) is 5.64. The number of nitrogens with zero attached hydrogens (tertiary/aromatic N) is 1. The Morgan fingerprint density at radius 3 is 2.38 bits per heavy atom. The molecule has 1 aliphatic heterocycles. The number of ether oxygens (including phenoxy) is 1. The number of sulfonamides is 1. The molecule has 2 aromatic carbocycles. The molecule has 156 valence electrons. The summed E-state index contributed by atoms with van der Waals surface area (Å²) in [7, 11) is -3.97. The number of carbonyl (C=O) groups excluding carboxylic acids is 1. The van der Waals surface area contributed by atoms with Crippen molar-refractivity contribution in [3.05, 3.63) is 65.7 Å². The third kappa shape index (κ3) is 4.22. The topological polar surface area (TPSA) is 83.9 Å². The monoisotopic (exact) mass is 417 g/mol. The van der Waals surface area contributed by atoms with Gasteiger partial charge in [-0.05, 0) is 38.0 Å². The summed E-state index contributed by atoms with van der Waals surface area (Å²) in [5.41, 5.74) is 0.196. The lowest BCUT2D eigenvalue weighted by molar-refractivity contribution is -0.156. The normalized spacial score (nSPS) is 25.1. The van der Waals surface area contributed by atoms with Crippen LogP contribution in [0.2, 0.25) is 0 Å². The Hall–Kier alpha value is -2.22. The van der Waals surface area contributed by atoms with Crippen LogP contribution in [0.3, 0.4) is 0 Å². The van der Waals surface area contributed by atoms with Crippen molar-refractivity contribution in [2.75, 3.05) is 6.54 Å². The number of carbonyl (C=O) groups is 1. The molecular formula is C22H27NO5S. The minimum atomic E-state index is -3.97. The Morgan fingerprint density at radius 1 is 1.17 bits per heavy atom. The molecule has 1 fully saturated rings. The van der Waals surface area contributed by atoms with Gasteiger partial charge in [0.1, 0.15) is 6.61 Å². The summed E-state index contributed by atoms with van der Waals surface area (Å²) < 4.78 is 33.1. The maximum atomic E-state index is 13.3. The molecule has 0 aliphatic carbocycles. The molecule has 0 aromatic heterocycles. The average molecular weight is 418 g/mol. The number of aliphatic hydroxyl groups is 1. The minimum absolute atomic E-state index is 0.0153. The lowest BCUT2D eigenvalue weighted by Gasteiger charge is -2.31. The molecule has 0 bridgehead atoms. The molecule has 3 rings (SSSR count). The first-order valence-electron chi connectivity index (χ1n) is 9.69. The zero-order valence-electron chi connectivity index (χ0n) is 16.9. The summed E-state index contributed by atoms with van der Waals surface area (Å²) in [6.45, 7) is 5.33. The fourth-order valence-corrected chi connectivity index (χ4v) is 5.51. The van der Waals surface area contributed by atoms with Gasteiger partial charge in [0.05, 0.1) is 10.5 Å². The smallest absolute Gasteiger partial charge is 0.327 e. The van der Waals surface area contributed by atoms with Crippen LogP contribution in [0.5, 0.6) is 0 Å². The van der Waals surface area contributed by atoms with Crippen LogP contribution in [-0.4, -0.2) is 42.0 Å². The Balaban J connectivity index is 1.91. The van der Waals surface area contributed by atoms with E-state index in [0.29, 0.717) is 6.42 Å². The first-order chi connectivity index (χ1) is 13.7. The van der Waals surface area contributed by atoms with Crippen molar-refractivity contribution < 1.29 is 23.1 Å². The first kappa shape index (κ1) is 21.5. The van der Waals surface area contributed by atoms with Gasteiger partial charge in [-0.3, -0.25) is 4.79 Å². The SMILES string of the molecule is CCC1CN(S(=O)(=O)c2ccc(C)cc2)C(C(=O)OCc2ccccc2)C1(C)O. The van der Waals surface area contributed by atoms with Crippen LogP contribution in [0.15, 0.2) is 59.5 Å². The van der Waals surface area contributed by atoms with Crippen LogP contribution in [0.25, 0.3) is 0 Å². The van der Waals surface area contributed by atoms with E-state index in [1.54, 1.807) is 12.1 Å². The van der Waals surface area contributed by atoms with E-state index in [1.807, 2.05) is 44.2 Å². The number of hydrogen-bond donors (Lipinski definition) is 1. The molecule has 1 N–H and O–H groups in total. The summed E-state index contributed by atoms with van der Waals surface area (Å²) in [6, 6.07) is 14.3. The summed E-state index contributed by atoms with van der Waals surface area (Å²) in [5, 5.41) is 11.1. The molecule has 0 amide bonds. The van der Waals surface area contributed by atoms with E-state index in [4.69, 9.17) is 4.74 Å². The van der Waals surface area contributed by atoms with Gasteiger partial charge in [-0.1, -0.05) is 55.0 Å². The number of rotatable bonds is 6. The fourth-order valence-electron chi connectivity index (χ4n) is 3.81. The highest BCUT2D eigenvalue weighted by atomic mass is 32.2. The molecular weight excluding hydrogens is 390 g/mol. The Kier molecular flexibility index (Phi) is 6.12. The van der Waals surface area contributed by atoms with Gasteiger partial charge < -0.3 is 9.84 Å². The average Bonchev–Trinajstić information content (AvgIpc) is 2.98. The predicted octanol–water partition coefficient (Wildman–Crippen LogP) is 2.89. The van der Waals surface area contributed by atoms with Crippen LogP contribution in [0.4, 0.5) is 0 Å². The van der Waals surface area contributed by atoms with E-state index < -0.39 is 27.6 Å². The van der Waals surface area contributed by atoms with Gasteiger partial charge in [0.25, 0.3) is 0 Å². The minimum Gasteiger partial charge on any atom is -0.460 e. The van der Waals surface area contributed by atoms with Crippen molar-refractivity contribution in [1.82, 2.24) is 4.31 Å². The van der Waals surface area contributed by atoms with Gasteiger partial charge >= 0.3 is 5.97 Å². The van der Waals surface area contributed by atoms with Crippen molar-refractivity contribution in [3.63, 3.8) is 0 Å². The molecule has 2 aromatic rings. The van der Waals surface area contributed by atoms with Crippen molar-refractivity contribution in [2.24, 2.45) is 5.92 Å². The zero-order chi connectivity index (χ0) is 21.2. The highest BCUT2D eigenvalue weighted by Crippen LogP contribution is 2.39. The maximum absolute atomic E-state index is 13.3. The third-order valence-corrected chi connectivity index (χ3v) is 7.48. The lowest BCUT2D eigenvalue weighted by Crippen LogP contribution is -2.52. The van der Waals surface area contributed by atoms with Crippen LogP contribution >= 0.6 is 0 Å². The van der Waals surface area contributed by atoms with Crippen molar-refractivity contribution in [3.8, 4) is 0 Å². The van der Waals surface area contributed by atoms with Gasteiger partial charge in [-0.25, -0.2) is 8.42 Å². The van der Waals surface area contributed by atoms with Gasteiger partial charge in [-0.2, -0.15) is 4.31 Å². The quantitative estimate of drug-likeness (QED) is 0.731. The highest BCUT2D eigenvalue weighted by Gasteiger charge is 2.57. The molecule has 0 saturated carbocycles. The lowest BCUT2D eigenvalue weighted by atomic mass is 9.85. The first-order valence-corrected chi connectivity index (χ1v) is 11.1. The van der Waals surface area contributed by atoms with E-state index in [-0.39, 0.29) is 24.0 Å². The second-order valence-electron chi connectivity index (χ2n) is 7.71. The molecule has 1 heterocycles. The number of hydrogen-bond acceptors (Lipinski definition) is 5. The molecule has 1 aliphatic rings. The van der Waals surface area contributed by atoms with E-state index in [2.05, 4.69) is 0 Å². The molecule has 1 saturated heterocycles. The summed E-state index contributed by atoms with van der Waals surface area (Å²) in [4.78, 5) is 13.0. The predicted molar refractivity (Wildman–Crippen MR) is 110 cm³/mol. The maximum Gasteiger partial charge on any atom is 0.327 e. The van der Waals surface area contributed by atoms with E-state index >= 15 is 0 Å². The molecule has 0 radical (unpaired) electrons. The van der Waals surface area contributed by atoms with Crippen LogP contribution < -0.4 is 0 Å². The molecule has 29 heavy (non-hydrogen) atoms. The number of aryl methyl sites for hydroxylation is 1. The standard InChI is InChI=1S/C22H27NO5S/c1-4-18-14-23(29(26,27)19-12-10-16(2)11-13-19)20(22(18,3)25)21(24)28-15-17-8-6-5-7-9-17/h5-13,18,20,25H,4,14-15H2,1-3H3. The largest absolute Gasteiger partial charge is 0.460 e. The molecule has 6 nitrogen and oxygen atoms in total.